The van der Waals surface area contributed by atoms with Crippen LogP contribution in [-0.4, -0.2) is 71.9 Å². The minimum atomic E-state index is -5.10. The number of nitrogens with zero attached hydrogens (tertiary/aromatic N) is 4. The zero-order chi connectivity index (χ0) is 36.5. The van der Waals surface area contributed by atoms with Gasteiger partial charge in [-0.05, 0) is 80.6 Å². The Morgan fingerprint density at radius 3 is 2.00 bits per heavy atom. The number of hydrogen-bond acceptors (Lipinski definition) is 4. The van der Waals surface area contributed by atoms with Gasteiger partial charge in [-0.15, -0.1) is 0 Å². The van der Waals surface area contributed by atoms with Gasteiger partial charge in [0.05, 0.1) is 17.2 Å². The monoisotopic (exact) mass is 707 g/mol. The number of amides is 4. The van der Waals surface area contributed by atoms with E-state index in [0.29, 0.717) is 59.5 Å². The van der Waals surface area contributed by atoms with E-state index in [4.69, 9.17) is 0 Å². The highest BCUT2D eigenvalue weighted by molar-refractivity contribution is 5.94. The van der Waals surface area contributed by atoms with Gasteiger partial charge in [-0.25, -0.2) is 9.18 Å². The van der Waals surface area contributed by atoms with E-state index in [2.05, 4.69) is 10.3 Å². The summed E-state index contributed by atoms with van der Waals surface area (Å²) in [5.74, 6) is -1.81. The summed E-state index contributed by atoms with van der Waals surface area (Å²) in [5.41, 5.74) is -1.94. The maximum atomic E-state index is 13.8. The Kier molecular flexibility index (Phi) is 10.4. The van der Waals surface area contributed by atoms with Crippen LogP contribution in [0.5, 0.6) is 0 Å². The molecule has 2 aliphatic rings. The number of carbonyl (C=O) groups is 3. The molecule has 0 radical (unpaired) electrons. The van der Waals surface area contributed by atoms with Crippen molar-refractivity contribution in [1.82, 2.24) is 20.1 Å². The Balaban J connectivity index is 1.31. The summed E-state index contributed by atoms with van der Waals surface area (Å²) in [7, 11) is 2.44. The maximum Gasteiger partial charge on any atom is 0.416 e. The van der Waals surface area contributed by atoms with Gasteiger partial charge in [0.1, 0.15) is 5.82 Å². The van der Waals surface area contributed by atoms with Crippen molar-refractivity contribution >= 4 is 23.5 Å². The van der Waals surface area contributed by atoms with Gasteiger partial charge in [0.25, 0.3) is 5.91 Å². The van der Waals surface area contributed by atoms with Crippen LogP contribution < -0.4 is 10.2 Å². The molecule has 50 heavy (non-hydrogen) atoms. The lowest BCUT2D eigenvalue weighted by atomic mass is 9.85. The van der Waals surface area contributed by atoms with Crippen LogP contribution in [0, 0.1) is 18.7 Å². The third-order valence-electron chi connectivity index (χ3n) is 9.52. The van der Waals surface area contributed by atoms with Crippen molar-refractivity contribution in [3.63, 3.8) is 0 Å². The average Bonchev–Trinajstić information content (AvgIpc) is 3.52. The molecule has 1 saturated heterocycles. The number of likely N-dealkylation sites (N-methyl/N-ethyl adjacent to an activating group) is 1. The number of pyridine rings is 1. The van der Waals surface area contributed by atoms with Crippen LogP contribution >= 0.6 is 0 Å². The number of likely N-dealkylation sites (tertiary alicyclic amines) is 1. The SMILES string of the molecule is Cc1cc(C(=O)N[C@H]2CC[C@H](C(=O)N3C[C@@H](N(C)C(=O)N(C)c4cc(C(F)(F)F)cc(C(F)(F)F)c4)[C@H](c4ccc(F)cc4)C3)CC2)ccn1. The first-order valence-corrected chi connectivity index (χ1v) is 16.0. The molecule has 2 aromatic carbocycles. The standard InChI is InChI=1S/C35H36F7N5O3/c1-20-14-23(12-13-43-20)31(48)44-27-10-6-22(7-11-27)32(49)47-18-29(21-4-8-26(36)9-5-21)30(19-47)46(3)33(50)45(2)28-16-24(34(37,38)39)15-25(17-28)35(40,41)42/h4-5,8-9,12-17,22,27,29-30H,6-7,10-11,18-19H2,1-3H3,(H,44,48)/t22-,27-,29-,30+/m0/s1. The molecule has 0 spiro atoms. The second kappa shape index (κ2) is 14.3. The molecule has 15 heteroatoms. The molecule has 0 unspecified atom stereocenters. The summed E-state index contributed by atoms with van der Waals surface area (Å²) < 4.78 is 95.1. The predicted molar refractivity (Wildman–Crippen MR) is 170 cm³/mol. The van der Waals surface area contributed by atoms with Crippen LogP contribution in [0.25, 0.3) is 0 Å². The van der Waals surface area contributed by atoms with Crippen molar-refractivity contribution in [3.8, 4) is 0 Å². The van der Waals surface area contributed by atoms with Crippen molar-refractivity contribution < 1.29 is 45.1 Å². The molecule has 1 saturated carbocycles. The maximum absolute atomic E-state index is 13.8. The van der Waals surface area contributed by atoms with Gasteiger partial charge in [-0.2, -0.15) is 26.3 Å². The minimum Gasteiger partial charge on any atom is -0.349 e. The number of hydrogen-bond donors (Lipinski definition) is 1. The first-order chi connectivity index (χ1) is 23.4. The van der Waals surface area contributed by atoms with E-state index in [1.54, 1.807) is 30.2 Å². The Hall–Kier alpha value is -4.69. The van der Waals surface area contributed by atoms with Gasteiger partial charge in [0.15, 0.2) is 0 Å². The molecule has 2 fully saturated rings. The topological polar surface area (TPSA) is 85.8 Å². The Morgan fingerprint density at radius 1 is 0.840 bits per heavy atom. The highest BCUT2D eigenvalue weighted by Gasteiger charge is 2.43. The van der Waals surface area contributed by atoms with Crippen molar-refractivity contribution in [2.24, 2.45) is 5.92 Å². The summed E-state index contributed by atoms with van der Waals surface area (Å²) in [6, 6.07) is 7.96. The molecule has 3 aromatic rings. The summed E-state index contributed by atoms with van der Waals surface area (Å²) in [6.07, 6.45) is -6.53. The molecule has 2 atom stereocenters. The van der Waals surface area contributed by atoms with E-state index in [1.807, 2.05) is 0 Å². The molecule has 1 aliphatic carbocycles. The zero-order valence-corrected chi connectivity index (χ0v) is 27.5. The van der Waals surface area contributed by atoms with Crippen molar-refractivity contribution in [1.29, 1.82) is 0 Å². The van der Waals surface area contributed by atoms with Crippen LogP contribution in [0.3, 0.4) is 0 Å². The molecule has 268 valence electrons. The second-order valence-corrected chi connectivity index (χ2v) is 12.9. The summed E-state index contributed by atoms with van der Waals surface area (Å²) in [6.45, 7) is 1.97. The first kappa shape index (κ1) is 36.6. The van der Waals surface area contributed by atoms with E-state index in [0.717, 1.165) is 7.05 Å². The lowest BCUT2D eigenvalue weighted by Gasteiger charge is -2.33. The van der Waals surface area contributed by atoms with Crippen LogP contribution in [0.4, 0.5) is 41.2 Å². The summed E-state index contributed by atoms with van der Waals surface area (Å²) in [5, 5.41) is 3.01. The van der Waals surface area contributed by atoms with E-state index < -0.39 is 53.0 Å². The lowest BCUT2D eigenvalue weighted by Crippen LogP contribution is -2.48. The van der Waals surface area contributed by atoms with E-state index in [-0.39, 0.29) is 42.9 Å². The fourth-order valence-electron chi connectivity index (χ4n) is 6.72. The van der Waals surface area contributed by atoms with E-state index in [9.17, 15) is 45.1 Å². The molecule has 8 nitrogen and oxygen atoms in total. The van der Waals surface area contributed by atoms with Gasteiger partial charge in [-0.3, -0.25) is 19.5 Å². The van der Waals surface area contributed by atoms with Crippen LogP contribution in [0.1, 0.15) is 64.3 Å². The van der Waals surface area contributed by atoms with Gasteiger partial charge >= 0.3 is 18.4 Å². The molecular formula is C35H36F7N5O3. The predicted octanol–water partition coefficient (Wildman–Crippen LogP) is 7.04. The number of benzene rings is 2. The van der Waals surface area contributed by atoms with Gasteiger partial charge in [0.2, 0.25) is 5.91 Å². The molecule has 5 rings (SSSR count). The molecule has 1 aromatic heterocycles. The van der Waals surface area contributed by atoms with Gasteiger partial charge < -0.3 is 15.1 Å². The average molecular weight is 708 g/mol. The van der Waals surface area contributed by atoms with Gasteiger partial charge in [0, 0.05) is 68.2 Å². The van der Waals surface area contributed by atoms with Crippen molar-refractivity contribution in [3.05, 3.63) is 94.6 Å². The van der Waals surface area contributed by atoms with Crippen LogP contribution in [-0.2, 0) is 17.1 Å². The van der Waals surface area contributed by atoms with Crippen LogP contribution in [0.15, 0.2) is 60.8 Å². The molecule has 0 bridgehead atoms. The Labute approximate surface area is 284 Å². The van der Waals surface area contributed by atoms with Crippen molar-refractivity contribution in [2.75, 3.05) is 32.1 Å². The number of urea groups is 1. The van der Waals surface area contributed by atoms with Crippen LogP contribution in [0.2, 0.25) is 0 Å². The molecule has 1 N–H and O–H groups in total. The molecular weight excluding hydrogens is 671 g/mol. The second-order valence-electron chi connectivity index (χ2n) is 12.9. The normalized spacial score (nSPS) is 21.1. The number of alkyl halides is 6. The minimum absolute atomic E-state index is 0.0141. The van der Waals surface area contributed by atoms with E-state index in [1.165, 1.54) is 36.2 Å². The highest BCUT2D eigenvalue weighted by atomic mass is 19.4. The Morgan fingerprint density at radius 2 is 1.44 bits per heavy atom. The number of aryl methyl sites for hydroxylation is 1. The number of halogens is 7. The molecule has 2 heterocycles. The Bertz CT molecular complexity index is 1690. The van der Waals surface area contributed by atoms with Gasteiger partial charge in [-0.1, -0.05) is 12.1 Å². The number of rotatable bonds is 6. The fourth-order valence-corrected chi connectivity index (χ4v) is 6.72. The lowest BCUT2D eigenvalue weighted by molar-refractivity contribution is -0.143. The third-order valence-corrected chi connectivity index (χ3v) is 9.52. The number of nitrogens with one attached hydrogen (secondary N) is 1. The largest absolute Gasteiger partial charge is 0.416 e. The fraction of sp³-hybridized carbons (Fsp3) is 0.429. The number of carbonyl (C=O) groups excluding carboxylic acids is 3. The van der Waals surface area contributed by atoms with Crippen molar-refractivity contribution in [2.45, 2.75) is 63.0 Å². The number of aromatic nitrogens is 1. The quantitative estimate of drug-likeness (QED) is 0.279. The zero-order valence-electron chi connectivity index (χ0n) is 27.5. The van der Waals surface area contributed by atoms with E-state index >= 15 is 0 Å². The third kappa shape index (κ3) is 8.19. The highest BCUT2D eigenvalue weighted by Crippen LogP contribution is 2.39. The first-order valence-electron chi connectivity index (χ1n) is 16.0. The number of anilines is 1. The smallest absolute Gasteiger partial charge is 0.349 e. The molecule has 4 amide bonds. The summed E-state index contributed by atoms with van der Waals surface area (Å²) in [4.78, 5) is 47.8. The molecule has 1 aliphatic heterocycles. The summed E-state index contributed by atoms with van der Waals surface area (Å²) >= 11 is 0.